The molecule has 1 aromatic carbocycles. The van der Waals surface area contributed by atoms with Gasteiger partial charge in [-0.15, -0.1) is 0 Å². The average molecular weight is 483 g/mol. The van der Waals surface area contributed by atoms with Crippen molar-refractivity contribution in [2.24, 2.45) is 5.92 Å². The van der Waals surface area contributed by atoms with E-state index in [9.17, 15) is 9.59 Å². The zero-order chi connectivity index (χ0) is 22.4. The van der Waals surface area contributed by atoms with Crippen molar-refractivity contribution in [2.45, 2.75) is 84.9 Å². The summed E-state index contributed by atoms with van der Waals surface area (Å²) in [7, 11) is 0. The molecule has 0 bridgehead atoms. The molecule has 2 aliphatic rings. The van der Waals surface area contributed by atoms with Crippen molar-refractivity contribution >= 4 is 27.9 Å². The van der Waals surface area contributed by atoms with Crippen molar-refractivity contribution in [2.75, 3.05) is 11.9 Å². The molecule has 3 atom stereocenters. The van der Waals surface area contributed by atoms with Crippen LogP contribution in [0.4, 0.5) is 4.79 Å². The Morgan fingerprint density at radius 2 is 1.73 bits per heavy atom. The monoisotopic (exact) mass is 482 g/mol. The third-order valence-corrected chi connectivity index (χ3v) is 6.02. The van der Waals surface area contributed by atoms with E-state index in [2.05, 4.69) is 21.2 Å². The second-order valence-electron chi connectivity index (χ2n) is 7.23. The quantitative estimate of drug-likeness (QED) is 0.530. The molecule has 1 heterocycles. The Kier molecular flexibility index (Phi) is 13.5. The SMILES string of the molecule is CC.CC.O=C(NC[C@@H]1C[C@@H]2CCCCC[C@H]2N1C(=O)CBr)OCc1ccccc1. The lowest BCUT2D eigenvalue weighted by Gasteiger charge is -2.31. The van der Waals surface area contributed by atoms with Crippen molar-refractivity contribution in [3.8, 4) is 0 Å². The van der Waals surface area contributed by atoms with Crippen molar-refractivity contribution in [3.05, 3.63) is 35.9 Å². The van der Waals surface area contributed by atoms with Crippen LogP contribution >= 0.6 is 15.9 Å². The van der Waals surface area contributed by atoms with Gasteiger partial charge in [-0.3, -0.25) is 4.79 Å². The molecule has 0 radical (unpaired) electrons. The lowest BCUT2D eigenvalue weighted by atomic mass is 9.94. The van der Waals surface area contributed by atoms with Gasteiger partial charge in [-0.2, -0.15) is 0 Å². The zero-order valence-electron chi connectivity index (χ0n) is 19.0. The predicted octanol–water partition coefficient (Wildman–Crippen LogP) is 5.91. The van der Waals surface area contributed by atoms with E-state index in [1.54, 1.807) is 0 Å². The molecule has 2 fully saturated rings. The molecule has 1 N–H and O–H groups in total. The highest BCUT2D eigenvalue weighted by Crippen LogP contribution is 2.38. The highest BCUT2D eigenvalue weighted by molar-refractivity contribution is 9.09. The molecule has 30 heavy (non-hydrogen) atoms. The van der Waals surface area contributed by atoms with E-state index in [1.165, 1.54) is 25.7 Å². The standard InChI is InChI=1S/C20H27BrN2O3.2C2H6/c21-12-19(24)23-17(11-16-9-5-2-6-10-18(16)23)13-22-20(25)26-14-15-7-3-1-4-8-15;2*1-2/h1,3-4,7-8,16-18H,2,5-6,9-14H2,(H,22,25);2*1-2H3/t16-,17-,18+;;/m0../s1. The number of nitrogens with zero attached hydrogens (tertiary/aromatic N) is 1. The summed E-state index contributed by atoms with van der Waals surface area (Å²) < 4.78 is 5.29. The molecule has 0 aromatic heterocycles. The summed E-state index contributed by atoms with van der Waals surface area (Å²) in [5.74, 6) is 0.691. The largest absolute Gasteiger partial charge is 0.445 e. The molecule has 1 saturated heterocycles. The van der Waals surface area contributed by atoms with Gasteiger partial charge in [0.15, 0.2) is 0 Å². The van der Waals surface area contributed by atoms with Crippen LogP contribution in [0.15, 0.2) is 30.3 Å². The molecule has 1 aliphatic heterocycles. The third-order valence-electron chi connectivity index (χ3n) is 5.54. The maximum Gasteiger partial charge on any atom is 0.407 e. The molecule has 1 aromatic rings. The molecular weight excluding hydrogens is 444 g/mol. The Hall–Kier alpha value is -1.56. The van der Waals surface area contributed by atoms with Gasteiger partial charge >= 0.3 is 6.09 Å². The number of likely N-dealkylation sites (tertiary alicyclic amines) is 1. The number of alkyl carbamates (subject to hydrolysis) is 1. The minimum Gasteiger partial charge on any atom is -0.445 e. The number of amides is 2. The van der Waals surface area contributed by atoms with E-state index in [0.717, 1.165) is 18.4 Å². The summed E-state index contributed by atoms with van der Waals surface area (Å²) in [5.41, 5.74) is 0.960. The molecule has 6 heteroatoms. The first-order chi connectivity index (χ1) is 14.7. The van der Waals surface area contributed by atoms with Gasteiger partial charge in [0, 0.05) is 18.6 Å². The van der Waals surface area contributed by atoms with Crippen molar-refractivity contribution in [3.63, 3.8) is 0 Å². The fourth-order valence-electron chi connectivity index (χ4n) is 4.35. The van der Waals surface area contributed by atoms with E-state index in [-0.39, 0.29) is 18.6 Å². The predicted molar refractivity (Wildman–Crippen MR) is 127 cm³/mol. The first-order valence-electron chi connectivity index (χ1n) is 11.5. The summed E-state index contributed by atoms with van der Waals surface area (Å²) in [6, 6.07) is 10.0. The topological polar surface area (TPSA) is 58.6 Å². The van der Waals surface area contributed by atoms with E-state index >= 15 is 0 Å². The van der Waals surface area contributed by atoms with Crippen LogP contribution in [-0.4, -0.2) is 40.9 Å². The number of fused-ring (bicyclic) bond motifs is 1. The first kappa shape index (κ1) is 26.5. The van der Waals surface area contributed by atoms with E-state index in [4.69, 9.17) is 4.74 Å². The molecule has 0 spiro atoms. The van der Waals surface area contributed by atoms with Gasteiger partial charge in [0.2, 0.25) is 5.91 Å². The second-order valence-corrected chi connectivity index (χ2v) is 7.79. The van der Waals surface area contributed by atoms with Crippen LogP contribution in [0.1, 0.15) is 71.8 Å². The number of alkyl halides is 1. The summed E-state index contributed by atoms with van der Waals surface area (Å²) in [6.45, 7) is 8.71. The zero-order valence-corrected chi connectivity index (χ0v) is 20.6. The van der Waals surface area contributed by atoms with Gasteiger partial charge in [0.1, 0.15) is 6.61 Å². The van der Waals surface area contributed by atoms with Crippen LogP contribution in [0, 0.1) is 5.92 Å². The van der Waals surface area contributed by atoms with Gasteiger partial charge in [-0.05, 0) is 30.7 Å². The number of hydrogen-bond acceptors (Lipinski definition) is 3. The highest BCUT2D eigenvalue weighted by Gasteiger charge is 2.43. The van der Waals surface area contributed by atoms with Gasteiger partial charge in [0.05, 0.1) is 5.33 Å². The number of carbonyl (C=O) groups excluding carboxylic acids is 2. The Balaban J connectivity index is 0.00000106. The fraction of sp³-hybridized carbons (Fsp3) is 0.667. The van der Waals surface area contributed by atoms with Crippen molar-refractivity contribution in [1.82, 2.24) is 10.2 Å². The van der Waals surface area contributed by atoms with Gasteiger partial charge in [-0.1, -0.05) is 93.2 Å². The lowest BCUT2D eigenvalue weighted by Crippen LogP contribution is -2.47. The normalized spacial score (nSPS) is 22.3. The van der Waals surface area contributed by atoms with Crippen LogP contribution in [-0.2, 0) is 16.1 Å². The van der Waals surface area contributed by atoms with Crippen molar-refractivity contribution < 1.29 is 14.3 Å². The van der Waals surface area contributed by atoms with Crippen LogP contribution < -0.4 is 5.32 Å². The van der Waals surface area contributed by atoms with Crippen LogP contribution in [0.25, 0.3) is 0 Å². The van der Waals surface area contributed by atoms with Crippen LogP contribution in [0.2, 0.25) is 0 Å². The van der Waals surface area contributed by atoms with Crippen LogP contribution in [0.5, 0.6) is 0 Å². The molecular formula is C24H39BrN2O3. The first-order valence-corrected chi connectivity index (χ1v) is 12.6. The van der Waals surface area contributed by atoms with Gasteiger partial charge in [0.25, 0.3) is 0 Å². The lowest BCUT2D eigenvalue weighted by molar-refractivity contribution is -0.131. The molecule has 1 saturated carbocycles. The Bertz CT molecular complexity index is 612. The minimum atomic E-state index is -0.424. The summed E-state index contributed by atoms with van der Waals surface area (Å²) in [6.07, 6.45) is 6.51. The average Bonchev–Trinajstić information content (AvgIpc) is 2.99. The molecule has 2 amide bonds. The van der Waals surface area contributed by atoms with Gasteiger partial charge < -0.3 is 15.0 Å². The smallest absolute Gasteiger partial charge is 0.407 e. The van der Waals surface area contributed by atoms with E-state index in [0.29, 0.717) is 23.8 Å². The Morgan fingerprint density at radius 3 is 2.40 bits per heavy atom. The number of hydrogen-bond donors (Lipinski definition) is 1. The summed E-state index contributed by atoms with van der Waals surface area (Å²) >= 11 is 3.32. The molecule has 1 aliphatic carbocycles. The summed E-state index contributed by atoms with van der Waals surface area (Å²) in [5, 5.41) is 3.20. The third kappa shape index (κ3) is 7.93. The van der Waals surface area contributed by atoms with E-state index < -0.39 is 6.09 Å². The fourth-order valence-corrected chi connectivity index (χ4v) is 4.64. The van der Waals surface area contributed by atoms with Gasteiger partial charge in [-0.25, -0.2) is 4.79 Å². The number of rotatable bonds is 5. The number of nitrogens with one attached hydrogen (secondary N) is 1. The minimum absolute atomic E-state index is 0.0671. The highest BCUT2D eigenvalue weighted by atomic mass is 79.9. The van der Waals surface area contributed by atoms with Crippen molar-refractivity contribution in [1.29, 1.82) is 0 Å². The Morgan fingerprint density at radius 1 is 1.07 bits per heavy atom. The molecule has 170 valence electrons. The second kappa shape index (κ2) is 15.3. The molecule has 0 unspecified atom stereocenters. The summed E-state index contributed by atoms with van der Waals surface area (Å²) in [4.78, 5) is 26.6. The maximum absolute atomic E-state index is 12.5. The van der Waals surface area contributed by atoms with Crippen LogP contribution in [0.3, 0.4) is 0 Å². The number of benzene rings is 1. The van der Waals surface area contributed by atoms with E-state index in [1.807, 2.05) is 62.9 Å². The molecule has 5 nitrogen and oxygen atoms in total. The number of ether oxygens (including phenoxy) is 1. The maximum atomic E-state index is 12.5. The molecule has 3 rings (SSSR count). The Labute approximate surface area is 191 Å². The number of carbonyl (C=O) groups is 2. The number of halogens is 1.